The predicted octanol–water partition coefficient (Wildman–Crippen LogP) is 2.15. The van der Waals surface area contributed by atoms with Crippen molar-refractivity contribution in [2.45, 2.75) is 6.10 Å². The van der Waals surface area contributed by atoms with Gasteiger partial charge >= 0.3 is 5.97 Å². The zero-order chi connectivity index (χ0) is 17.6. The van der Waals surface area contributed by atoms with Crippen molar-refractivity contribution in [2.75, 3.05) is 26.3 Å². The highest BCUT2D eigenvalue weighted by molar-refractivity contribution is 5.92. The lowest BCUT2D eigenvalue weighted by molar-refractivity contribution is -0.145. The number of carbonyl (C=O) groups is 2. The molecule has 2 aromatic carbocycles. The van der Waals surface area contributed by atoms with E-state index in [1.165, 1.54) is 24.3 Å². The number of esters is 1. The Labute approximate surface area is 145 Å². The molecule has 6 heteroatoms. The van der Waals surface area contributed by atoms with E-state index < -0.39 is 12.1 Å². The van der Waals surface area contributed by atoms with Crippen LogP contribution in [0, 0.1) is 0 Å². The summed E-state index contributed by atoms with van der Waals surface area (Å²) in [5.74, 6) is -0.822. The van der Waals surface area contributed by atoms with Crippen LogP contribution in [0.4, 0.5) is 0 Å². The van der Waals surface area contributed by atoms with Crippen LogP contribution in [0.3, 0.4) is 0 Å². The maximum absolute atomic E-state index is 12.9. The highest BCUT2D eigenvalue weighted by Crippen LogP contribution is 2.23. The van der Waals surface area contributed by atoms with E-state index in [1.54, 1.807) is 29.2 Å². The molecule has 0 aromatic heterocycles. The number of rotatable bonds is 4. The Morgan fingerprint density at radius 2 is 1.64 bits per heavy atom. The van der Waals surface area contributed by atoms with Crippen LogP contribution < -0.4 is 0 Å². The Kier molecular flexibility index (Phi) is 5.30. The van der Waals surface area contributed by atoms with Gasteiger partial charge in [-0.2, -0.15) is 0 Å². The van der Waals surface area contributed by atoms with E-state index in [0.717, 1.165) is 0 Å². The summed E-state index contributed by atoms with van der Waals surface area (Å²) >= 11 is 0. The summed E-state index contributed by atoms with van der Waals surface area (Å²) in [6.45, 7) is 1.89. The summed E-state index contributed by atoms with van der Waals surface area (Å²) < 4.78 is 10.8. The molecule has 2 aromatic rings. The molecule has 25 heavy (non-hydrogen) atoms. The lowest BCUT2D eigenvalue weighted by Crippen LogP contribution is -2.44. The lowest BCUT2D eigenvalue weighted by Gasteiger charge is -2.30. The van der Waals surface area contributed by atoms with Gasteiger partial charge in [0.1, 0.15) is 5.75 Å². The van der Waals surface area contributed by atoms with E-state index >= 15 is 0 Å². The molecule has 0 spiro atoms. The molecule has 1 atom stereocenters. The van der Waals surface area contributed by atoms with Crippen LogP contribution in [-0.4, -0.2) is 48.2 Å². The van der Waals surface area contributed by atoms with Crippen LogP contribution >= 0.6 is 0 Å². The van der Waals surface area contributed by atoms with Crippen molar-refractivity contribution < 1.29 is 24.2 Å². The highest BCUT2D eigenvalue weighted by Gasteiger charge is 2.30. The van der Waals surface area contributed by atoms with Crippen molar-refractivity contribution in [3.8, 4) is 5.75 Å². The number of hydrogen-bond acceptors (Lipinski definition) is 5. The number of phenols is 1. The van der Waals surface area contributed by atoms with E-state index in [0.29, 0.717) is 31.9 Å². The summed E-state index contributed by atoms with van der Waals surface area (Å²) in [6, 6.07) is 14.7. The average Bonchev–Trinajstić information content (AvgIpc) is 2.67. The molecule has 1 aliphatic rings. The van der Waals surface area contributed by atoms with Crippen molar-refractivity contribution >= 4 is 11.9 Å². The number of benzene rings is 2. The Balaban J connectivity index is 1.82. The second-order valence-corrected chi connectivity index (χ2v) is 5.68. The highest BCUT2D eigenvalue weighted by atomic mass is 16.5. The molecule has 0 radical (unpaired) electrons. The Morgan fingerprint density at radius 1 is 1.00 bits per heavy atom. The quantitative estimate of drug-likeness (QED) is 0.863. The van der Waals surface area contributed by atoms with Crippen LogP contribution in [-0.2, 0) is 14.3 Å². The zero-order valence-corrected chi connectivity index (χ0v) is 13.6. The van der Waals surface area contributed by atoms with E-state index in [9.17, 15) is 14.7 Å². The molecule has 130 valence electrons. The smallest absolute Gasteiger partial charge is 0.339 e. The molecule has 1 aliphatic heterocycles. The fraction of sp³-hybridized carbons (Fsp3) is 0.263. The number of morpholine rings is 1. The van der Waals surface area contributed by atoms with Crippen molar-refractivity contribution in [3.63, 3.8) is 0 Å². The molecule has 1 N–H and O–H groups in total. The molecule has 0 aliphatic carbocycles. The topological polar surface area (TPSA) is 76.1 Å². The summed E-state index contributed by atoms with van der Waals surface area (Å²) in [5.41, 5.74) is 0.889. The average molecular weight is 341 g/mol. The Morgan fingerprint density at radius 3 is 2.28 bits per heavy atom. The summed E-state index contributed by atoms with van der Waals surface area (Å²) in [5, 5.41) is 9.33. The van der Waals surface area contributed by atoms with Gasteiger partial charge in [0, 0.05) is 18.7 Å². The van der Waals surface area contributed by atoms with Crippen LogP contribution in [0.15, 0.2) is 54.6 Å². The van der Waals surface area contributed by atoms with Gasteiger partial charge in [-0.15, -0.1) is 0 Å². The minimum absolute atomic E-state index is 0.0561. The fourth-order valence-electron chi connectivity index (χ4n) is 2.61. The molecule has 1 amide bonds. The normalized spacial score (nSPS) is 15.4. The third-order valence-corrected chi connectivity index (χ3v) is 3.98. The van der Waals surface area contributed by atoms with Gasteiger partial charge in [0.25, 0.3) is 5.91 Å². The number of ether oxygens (including phenoxy) is 2. The van der Waals surface area contributed by atoms with Gasteiger partial charge < -0.3 is 19.5 Å². The van der Waals surface area contributed by atoms with Crippen LogP contribution in [0.5, 0.6) is 5.75 Å². The summed E-state index contributed by atoms with van der Waals surface area (Å²) in [6.07, 6.45) is -1.01. The first-order valence-corrected chi connectivity index (χ1v) is 8.06. The number of aromatic hydroxyl groups is 1. The van der Waals surface area contributed by atoms with E-state index in [1.807, 2.05) is 6.07 Å². The van der Waals surface area contributed by atoms with Crippen molar-refractivity contribution in [3.05, 3.63) is 65.7 Å². The second kappa shape index (κ2) is 7.81. The third kappa shape index (κ3) is 4.16. The van der Waals surface area contributed by atoms with E-state index in [4.69, 9.17) is 9.47 Å². The Bertz CT molecular complexity index is 723. The van der Waals surface area contributed by atoms with Gasteiger partial charge in [0.15, 0.2) is 0 Å². The monoisotopic (exact) mass is 341 g/mol. The van der Waals surface area contributed by atoms with Crippen LogP contribution in [0.2, 0.25) is 0 Å². The maximum Gasteiger partial charge on any atom is 0.339 e. The maximum atomic E-state index is 12.9. The van der Waals surface area contributed by atoms with Crippen molar-refractivity contribution in [1.82, 2.24) is 4.90 Å². The molecule has 1 heterocycles. The SMILES string of the molecule is O=C(O[C@H](C(=O)N1CCOCC1)c1ccccc1)c1ccc(O)cc1. The third-order valence-electron chi connectivity index (χ3n) is 3.98. The second-order valence-electron chi connectivity index (χ2n) is 5.68. The zero-order valence-electron chi connectivity index (χ0n) is 13.6. The molecule has 6 nitrogen and oxygen atoms in total. The molecule has 3 rings (SSSR count). The number of carbonyl (C=O) groups excluding carboxylic acids is 2. The lowest BCUT2D eigenvalue weighted by atomic mass is 10.1. The van der Waals surface area contributed by atoms with Crippen molar-refractivity contribution in [1.29, 1.82) is 0 Å². The molecular formula is C19H19NO5. The van der Waals surface area contributed by atoms with Crippen LogP contribution in [0.25, 0.3) is 0 Å². The van der Waals surface area contributed by atoms with Gasteiger partial charge in [0.2, 0.25) is 6.10 Å². The van der Waals surface area contributed by atoms with Gasteiger partial charge in [-0.05, 0) is 24.3 Å². The first-order valence-electron chi connectivity index (χ1n) is 8.06. The van der Waals surface area contributed by atoms with Gasteiger partial charge in [0.05, 0.1) is 18.8 Å². The minimum Gasteiger partial charge on any atom is -0.508 e. The predicted molar refractivity (Wildman–Crippen MR) is 90.1 cm³/mol. The van der Waals surface area contributed by atoms with Crippen LogP contribution in [0.1, 0.15) is 22.0 Å². The number of hydrogen-bond donors (Lipinski definition) is 1. The standard InChI is InChI=1S/C19H19NO5/c21-16-8-6-15(7-9-16)19(23)25-17(14-4-2-1-3-5-14)18(22)20-10-12-24-13-11-20/h1-9,17,21H,10-13H2/t17-/m0/s1. The van der Waals surface area contributed by atoms with E-state index in [2.05, 4.69) is 0 Å². The fourth-order valence-corrected chi connectivity index (χ4v) is 2.61. The number of amides is 1. The molecule has 0 bridgehead atoms. The first-order chi connectivity index (χ1) is 12.1. The molecule has 0 unspecified atom stereocenters. The van der Waals surface area contributed by atoms with E-state index in [-0.39, 0.29) is 17.2 Å². The van der Waals surface area contributed by atoms with Gasteiger partial charge in [-0.1, -0.05) is 30.3 Å². The first kappa shape index (κ1) is 17.0. The minimum atomic E-state index is -1.01. The molecule has 1 saturated heterocycles. The Hall–Kier alpha value is -2.86. The molecule has 0 saturated carbocycles. The molecular weight excluding hydrogens is 322 g/mol. The number of phenolic OH excluding ortho intramolecular Hbond substituents is 1. The summed E-state index contributed by atoms with van der Waals surface area (Å²) in [4.78, 5) is 26.9. The summed E-state index contributed by atoms with van der Waals surface area (Å²) in [7, 11) is 0. The number of nitrogens with zero attached hydrogens (tertiary/aromatic N) is 1. The molecule has 1 fully saturated rings. The largest absolute Gasteiger partial charge is 0.508 e. The van der Waals surface area contributed by atoms with Gasteiger partial charge in [-0.25, -0.2) is 4.79 Å². The van der Waals surface area contributed by atoms with Gasteiger partial charge in [-0.3, -0.25) is 4.79 Å². The van der Waals surface area contributed by atoms with Crippen molar-refractivity contribution in [2.24, 2.45) is 0 Å².